The van der Waals surface area contributed by atoms with Crippen LogP contribution in [0.4, 0.5) is 4.79 Å². The summed E-state index contributed by atoms with van der Waals surface area (Å²) in [5.74, 6) is 4.47. The number of nitrogens with two attached hydrogens (primary N) is 1. The second-order valence-corrected chi connectivity index (χ2v) is 12.3. The van der Waals surface area contributed by atoms with Gasteiger partial charge in [0.25, 0.3) is 0 Å². The summed E-state index contributed by atoms with van der Waals surface area (Å²) in [4.78, 5) is 30.8. The Bertz CT molecular complexity index is 1350. The lowest BCUT2D eigenvalue weighted by atomic mass is 10.0. The number of amides is 2. The first kappa shape index (κ1) is 30.2. The van der Waals surface area contributed by atoms with Gasteiger partial charge in [0.15, 0.2) is 0 Å². The molecule has 0 aliphatic heterocycles. The zero-order valence-electron chi connectivity index (χ0n) is 22.3. The van der Waals surface area contributed by atoms with Gasteiger partial charge >= 0.3 is 16.2 Å². The molecule has 0 unspecified atom stereocenters. The molecule has 1 aromatic heterocycles. The first-order valence-electron chi connectivity index (χ1n) is 12.4. The lowest BCUT2D eigenvalue weighted by molar-refractivity contribution is -0.124. The number of rotatable bonds is 11. The zero-order chi connectivity index (χ0) is 28.6. The van der Waals surface area contributed by atoms with Gasteiger partial charge in [-0.25, -0.2) is 9.78 Å². The average Bonchev–Trinajstić information content (AvgIpc) is 3.37. The van der Waals surface area contributed by atoms with E-state index in [2.05, 4.69) is 19.9 Å². The SMILES string of the molecule is CCc1csc([C@H](Cc2ccc(S(=O)(=O)ON)cc2)NC(=O)[C@H](Cc2ccccc2)NC(=O)OC(C)(C)C)n1. The number of hydrogen-bond acceptors (Lipinski definition) is 9. The van der Waals surface area contributed by atoms with Crippen molar-refractivity contribution in [3.05, 3.63) is 81.8 Å². The molecule has 39 heavy (non-hydrogen) atoms. The molecule has 0 aliphatic carbocycles. The molecule has 3 aromatic rings. The van der Waals surface area contributed by atoms with E-state index in [-0.39, 0.29) is 11.3 Å². The van der Waals surface area contributed by atoms with E-state index in [1.807, 2.05) is 42.6 Å². The maximum atomic E-state index is 13.6. The van der Waals surface area contributed by atoms with E-state index in [0.717, 1.165) is 23.2 Å². The first-order valence-corrected chi connectivity index (χ1v) is 14.7. The van der Waals surface area contributed by atoms with Crippen LogP contribution >= 0.6 is 11.3 Å². The van der Waals surface area contributed by atoms with Crippen LogP contribution in [-0.2, 0) is 43.2 Å². The van der Waals surface area contributed by atoms with Crippen LogP contribution in [0.25, 0.3) is 0 Å². The van der Waals surface area contributed by atoms with Gasteiger partial charge in [-0.05, 0) is 56.9 Å². The van der Waals surface area contributed by atoms with Gasteiger partial charge in [-0.1, -0.05) is 49.4 Å². The molecule has 2 aromatic carbocycles. The van der Waals surface area contributed by atoms with Gasteiger partial charge in [-0.2, -0.15) is 18.6 Å². The number of ether oxygens (including phenoxy) is 1. The smallest absolute Gasteiger partial charge is 0.408 e. The highest BCUT2D eigenvalue weighted by atomic mass is 32.2. The van der Waals surface area contributed by atoms with Crippen molar-refractivity contribution < 1.29 is 27.0 Å². The minimum absolute atomic E-state index is 0.0821. The number of aryl methyl sites for hydroxylation is 1. The van der Waals surface area contributed by atoms with E-state index in [4.69, 9.17) is 10.6 Å². The Balaban J connectivity index is 1.86. The second-order valence-electron chi connectivity index (χ2n) is 9.88. The third-order valence-corrected chi connectivity index (χ3v) is 7.73. The van der Waals surface area contributed by atoms with Gasteiger partial charge in [-0.3, -0.25) is 4.79 Å². The molecule has 1 heterocycles. The van der Waals surface area contributed by atoms with Crippen molar-refractivity contribution in [1.82, 2.24) is 15.6 Å². The Morgan fingerprint density at radius 3 is 2.21 bits per heavy atom. The third-order valence-electron chi connectivity index (χ3n) is 5.61. The Morgan fingerprint density at radius 2 is 1.64 bits per heavy atom. The fraction of sp³-hybridized carbons (Fsp3) is 0.370. The Hall–Kier alpha value is -3.32. The summed E-state index contributed by atoms with van der Waals surface area (Å²) >= 11 is 1.42. The fourth-order valence-corrected chi connectivity index (χ4v) is 5.24. The number of carbonyl (C=O) groups excluding carboxylic acids is 2. The van der Waals surface area contributed by atoms with Crippen LogP contribution in [0.1, 0.15) is 55.6 Å². The highest BCUT2D eigenvalue weighted by Gasteiger charge is 2.28. The quantitative estimate of drug-likeness (QED) is 0.293. The van der Waals surface area contributed by atoms with Gasteiger partial charge < -0.3 is 15.4 Å². The van der Waals surface area contributed by atoms with Crippen LogP contribution in [0.15, 0.2) is 64.9 Å². The molecular formula is C27H34N4O6S2. The number of carbonyl (C=O) groups is 2. The average molecular weight is 575 g/mol. The number of hydrogen-bond donors (Lipinski definition) is 3. The predicted molar refractivity (Wildman–Crippen MR) is 148 cm³/mol. The number of aromatic nitrogens is 1. The van der Waals surface area contributed by atoms with Crippen molar-refractivity contribution in [2.75, 3.05) is 0 Å². The maximum absolute atomic E-state index is 13.6. The molecule has 0 aliphatic rings. The lowest BCUT2D eigenvalue weighted by Crippen LogP contribution is -2.50. The molecule has 0 saturated carbocycles. The summed E-state index contributed by atoms with van der Waals surface area (Å²) in [6.07, 6.45) is 0.621. The minimum Gasteiger partial charge on any atom is -0.444 e. The van der Waals surface area contributed by atoms with Crippen molar-refractivity contribution in [3.8, 4) is 0 Å². The molecular weight excluding hydrogens is 540 g/mol. The van der Waals surface area contributed by atoms with Crippen LogP contribution < -0.4 is 16.5 Å². The van der Waals surface area contributed by atoms with Gasteiger partial charge in [0, 0.05) is 11.8 Å². The molecule has 3 rings (SSSR count). The van der Waals surface area contributed by atoms with E-state index in [1.54, 1.807) is 32.9 Å². The first-order chi connectivity index (χ1) is 18.4. The summed E-state index contributed by atoms with van der Waals surface area (Å²) in [6.45, 7) is 7.24. The van der Waals surface area contributed by atoms with E-state index >= 15 is 0 Å². The van der Waals surface area contributed by atoms with E-state index < -0.39 is 39.8 Å². The summed E-state index contributed by atoms with van der Waals surface area (Å²) in [5, 5.41) is 8.37. The van der Waals surface area contributed by atoms with Crippen LogP contribution in [0, 0.1) is 0 Å². The molecule has 4 N–H and O–H groups in total. The van der Waals surface area contributed by atoms with Gasteiger partial charge in [0.1, 0.15) is 16.7 Å². The summed E-state index contributed by atoms with van der Waals surface area (Å²) < 4.78 is 33.2. The molecule has 0 radical (unpaired) electrons. The van der Waals surface area contributed by atoms with Crippen LogP contribution in [0.2, 0.25) is 0 Å². The van der Waals surface area contributed by atoms with Crippen molar-refractivity contribution in [3.63, 3.8) is 0 Å². The molecule has 10 nitrogen and oxygen atoms in total. The standard InChI is InChI=1S/C27H34N4O6S2/c1-5-20-17-38-25(29-20)23(16-19-11-13-21(14-12-19)39(34,35)37-28)30-24(32)22(15-18-9-7-6-8-10-18)31-26(33)36-27(2,3)4/h6-14,17,22-23H,5,15-16,28H2,1-4H3,(H,30,32)(H,31,33)/t22-,23-/m0/s1. The van der Waals surface area contributed by atoms with Gasteiger partial charge in [-0.15, -0.1) is 11.3 Å². The molecule has 2 amide bonds. The Kier molecular flexibility index (Phi) is 10.2. The monoisotopic (exact) mass is 574 g/mol. The molecule has 0 bridgehead atoms. The van der Waals surface area contributed by atoms with E-state index in [1.165, 1.54) is 23.5 Å². The molecule has 210 valence electrons. The fourth-order valence-electron chi connectivity index (χ4n) is 3.71. The van der Waals surface area contributed by atoms with Crippen molar-refractivity contribution in [1.29, 1.82) is 0 Å². The largest absolute Gasteiger partial charge is 0.444 e. The third kappa shape index (κ3) is 9.13. The molecule has 12 heteroatoms. The number of benzene rings is 2. The number of nitrogens with zero attached hydrogens (tertiary/aromatic N) is 1. The topological polar surface area (TPSA) is 150 Å². The van der Waals surface area contributed by atoms with Crippen LogP contribution in [-0.4, -0.2) is 37.0 Å². The van der Waals surface area contributed by atoms with Crippen LogP contribution in [0.5, 0.6) is 0 Å². The van der Waals surface area contributed by atoms with E-state index in [0.29, 0.717) is 11.4 Å². The summed E-state index contributed by atoms with van der Waals surface area (Å²) in [6, 6.07) is 13.9. The number of alkyl carbamates (subject to hydrolysis) is 1. The molecule has 0 fully saturated rings. The molecule has 2 atom stereocenters. The van der Waals surface area contributed by atoms with Crippen molar-refractivity contribution in [2.45, 2.75) is 69.5 Å². The van der Waals surface area contributed by atoms with Gasteiger partial charge in [0.05, 0.1) is 16.6 Å². The molecule has 0 spiro atoms. The summed E-state index contributed by atoms with van der Waals surface area (Å²) in [5.41, 5.74) is 1.78. The Morgan fingerprint density at radius 1 is 1.00 bits per heavy atom. The van der Waals surface area contributed by atoms with Crippen LogP contribution in [0.3, 0.4) is 0 Å². The summed E-state index contributed by atoms with van der Waals surface area (Å²) in [7, 11) is -4.03. The minimum atomic E-state index is -4.03. The highest BCUT2D eigenvalue weighted by Crippen LogP contribution is 2.24. The van der Waals surface area contributed by atoms with Crippen molar-refractivity contribution in [2.24, 2.45) is 5.90 Å². The number of thiazole rings is 1. The predicted octanol–water partition coefficient (Wildman–Crippen LogP) is 3.82. The van der Waals surface area contributed by atoms with E-state index in [9.17, 15) is 18.0 Å². The zero-order valence-corrected chi connectivity index (χ0v) is 24.0. The Labute approximate surface area is 233 Å². The second kappa shape index (κ2) is 13.2. The maximum Gasteiger partial charge on any atom is 0.408 e. The lowest BCUT2D eigenvalue weighted by Gasteiger charge is -2.25. The normalized spacial score (nSPS) is 13.4. The van der Waals surface area contributed by atoms with Crippen molar-refractivity contribution >= 4 is 33.5 Å². The number of nitrogens with one attached hydrogen (secondary N) is 2. The van der Waals surface area contributed by atoms with Gasteiger partial charge in [0.2, 0.25) is 5.91 Å². The molecule has 0 saturated heterocycles. The highest BCUT2D eigenvalue weighted by molar-refractivity contribution is 7.86.